The average Bonchev–Trinajstić information content (AvgIpc) is 2.72. The summed E-state index contributed by atoms with van der Waals surface area (Å²) in [5, 5.41) is 9.79. The van der Waals surface area contributed by atoms with Crippen molar-refractivity contribution in [3.8, 4) is 5.75 Å². The molecule has 1 heterocycles. The molecule has 0 saturated carbocycles. The second kappa shape index (κ2) is 6.01. The minimum absolute atomic E-state index is 0.0445. The van der Waals surface area contributed by atoms with E-state index in [-0.39, 0.29) is 24.0 Å². The third-order valence-electron chi connectivity index (χ3n) is 3.40. The lowest BCUT2D eigenvalue weighted by atomic mass is 9.93. The Morgan fingerprint density at radius 1 is 1.40 bits per heavy atom. The Hall–Kier alpha value is -1.27. The molecule has 1 aromatic rings. The maximum Gasteiger partial charge on any atom is 0.310 e. The number of aliphatic carboxylic acids is 1. The first-order chi connectivity index (χ1) is 9.37. The lowest BCUT2D eigenvalue weighted by Crippen LogP contribution is -2.30. The van der Waals surface area contributed by atoms with Crippen LogP contribution in [-0.4, -0.2) is 37.6 Å². The van der Waals surface area contributed by atoms with Gasteiger partial charge in [-0.05, 0) is 36.6 Å². The third kappa shape index (κ3) is 3.86. The number of carboxylic acid groups (broad SMARTS) is 1. The molecule has 0 bridgehead atoms. The van der Waals surface area contributed by atoms with Crippen molar-refractivity contribution in [1.82, 2.24) is 0 Å². The van der Waals surface area contributed by atoms with Crippen LogP contribution in [0.2, 0.25) is 5.02 Å². The fraction of sp³-hybridized carbons (Fsp3) is 0.462. The van der Waals surface area contributed by atoms with Crippen molar-refractivity contribution in [2.45, 2.75) is 6.42 Å². The van der Waals surface area contributed by atoms with E-state index in [1.165, 1.54) is 0 Å². The van der Waals surface area contributed by atoms with Gasteiger partial charge in [0.1, 0.15) is 12.4 Å². The summed E-state index contributed by atoms with van der Waals surface area (Å²) in [6.07, 6.45) is 0.378. The molecule has 2 rings (SSSR count). The summed E-state index contributed by atoms with van der Waals surface area (Å²) in [5.74, 6) is -1.73. The van der Waals surface area contributed by atoms with Crippen LogP contribution in [0.5, 0.6) is 5.75 Å². The van der Waals surface area contributed by atoms with E-state index in [0.717, 1.165) is 0 Å². The van der Waals surface area contributed by atoms with Crippen LogP contribution in [0.4, 0.5) is 0 Å². The van der Waals surface area contributed by atoms with Gasteiger partial charge in [0.25, 0.3) is 0 Å². The molecule has 1 saturated heterocycles. The normalized spacial score (nSPS) is 22.4. The van der Waals surface area contributed by atoms with Crippen molar-refractivity contribution in [3.63, 3.8) is 0 Å². The fourth-order valence-corrected chi connectivity index (χ4v) is 4.27. The van der Waals surface area contributed by atoms with E-state index < -0.39 is 21.7 Å². The standard InChI is InChI=1S/C13H15ClO5S/c14-10-1-3-11(4-2-10)19-7-12(13(15)16)9-5-6-20(17,18)8-9/h1-4,9,12H,5-8H2,(H,15,16). The van der Waals surface area contributed by atoms with Gasteiger partial charge in [0.05, 0.1) is 17.4 Å². The molecule has 7 heteroatoms. The molecule has 2 unspecified atom stereocenters. The number of ether oxygens (including phenoxy) is 1. The van der Waals surface area contributed by atoms with Crippen LogP contribution in [0.25, 0.3) is 0 Å². The zero-order valence-electron chi connectivity index (χ0n) is 10.7. The number of sulfone groups is 1. The van der Waals surface area contributed by atoms with Crippen molar-refractivity contribution in [2.24, 2.45) is 11.8 Å². The first-order valence-corrected chi connectivity index (χ1v) is 8.39. The molecule has 2 atom stereocenters. The molecule has 0 radical (unpaired) electrons. The number of rotatable bonds is 5. The molecular formula is C13H15ClO5S. The number of hydrogen-bond acceptors (Lipinski definition) is 4. The van der Waals surface area contributed by atoms with Crippen LogP contribution >= 0.6 is 11.6 Å². The van der Waals surface area contributed by atoms with Gasteiger partial charge in [0.15, 0.2) is 9.84 Å². The second-order valence-corrected chi connectivity index (χ2v) is 7.54. The van der Waals surface area contributed by atoms with Crippen LogP contribution in [0.1, 0.15) is 6.42 Å². The van der Waals surface area contributed by atoms with Crippen LogP contribution < -0.4 is 4.74 Å². The monoisotopic (exact) mass is 318 g/mol. The molecule has 20 heavy (non-hydrogen) atoms. The summed E-state index contributed by atoms with van der Waals surface area (Å²) in [4.78, 5) is 11.3. The Bertz CT molecular complexity index is 581. The van der Waals surface area contributed by atoms with Gasteiger partial charge in [-0.25, -0.2) is 8.42 Å². The fourth-order valence-electron chi connectivity index (χ4n) is 2.27. The molecule has 0 aromatic heterocycles. The predicted octanol–water partition coefficient (Wildman–Crippen LogP) is 1.85. The van der Waals surface area contributed by atoms with Gasteiger partial charge in [-0.3, -0.25) is 4.79 Å². The van der Waals surface area contributed by atoms with Gasteiger partial charge in [-0.15, -0.1) is 0 Å². The van der Waals surface area contributed by atoms with Gasteiger partial charge in [-0.1, -0.05) is 11.6 Å². The highest BCUT2D eigenvalue weighted by atomic mass is 35.5. The summed E-state index contributed by atoms with van der Waals surface area (Å²) in [7, 11) is -3.10. The maximum absolute atomic E-state index is 11.4. The molecule has 1 fully saturated rings. The average molecular weight is 319 g/mol. The maximum atomic E-state index is 11.4. The molecule has 0 amide bonds. The van der Waals surface area contributed by atoms with Gasteiger partial charge in [0.2, 0.25) is 0 Å². The molecular weight excluding hydrogens is 304 g/mol. The van der Waals surface area contributed by atoms with Crippen LogP contribution in [0, 0.1) is 11.8 Å². The van der Waals surface area contributed by atoms with Crippen molar-refractivity contribution >= 4 is 27.4 Å². The van der Waals surface area contributed by atoms with Gasteiger partial charge in [0, 0.05) is 5.02 Å². The number of carboxylic acids is 1. The zero-order valence-corrected chi connectivity index (χ0v) is 12.2. The molecule has 1 aliphatic heterocycles. The highest BCUT2D eigenvalue weighted by molar-refractivity contribution is 7.91. The van der Waals surface area contributed by atoms with E-state index in [2.05, 4.69) is 0 Å². The van der Waals surface area contributed by atoms with E-state index >= 15 is 0 Å². The van der Waals surface area contributed by atoms with Crippen LogP contribution in [-0.2, 0) is 14.6 Å². The van der Waals surface area contributed by atoms with E-state index in [4.69, 9.17) is 16.3 Å². The minimum Gasteiger partial charge on any atom is -0.493 e. The van der Waals surface area contributed by atoms with Crippen LogP contribution in [0.15, 0.2) is 24.3 Å². The number of carbonyl (C=O) groups is 1. The molecule has 1 N–H and O–H groups in total. The Balaban J connectivity index is 2.00. The highest BCUT2D eigenvalue weighted by Crippen LogP contribution is 2.27. The zero-order chi connectivity index (χ0) is 14.8. The Kier molecular flexibility index (Phi) is 4.55. The quantitative estimate of drug-likeness (QED) is 0.896. The number of halogens is 1. The van der Waals surface area contributed by atoms with E-state index in [0.29, 0.717) is 17.2 Å². The lowest BCUT2D eigenvalue weighted by Gasteiger charge is -2.18. The number of hydrogen-bond donors (Lipinski definition) is 1. The van der Waals surface area contributed by atoms with Crippen molar-refractivity contribution < 1.29 is 23.1 Å². The smallest absolute Gasteiger partial charge is 0.310 e. The minimum atomic E-state index is -3.10. The summed E-state index contributed by atoms with van der Waals surface area (Å²) in [5.41, 5.74) is 0. The third-order valence-corrected chi connectivity index (χ3v) is 5.44. The van der Waals surface area contributed by atoms with Crippen LogP contribution in [0.3, 0.4) is 0 Å². The summed E-state index contributed by atoms with van der Waals surface area (Å²) in [6.45, 7) is -0.0445. The van der Waals surface area contributed by atoms with Gasteiger partial charge >= 0.3 is 5.97 Å². The first kappa shape index (κ1) is 15.1. The van der Waals surface area contributed by atoms with E-state index in [9.17, 15) is 18.3 Å². The van der Waals surface area contributed by atoms with Gasteiger partial charge < -0.3 is 9.84 Å². The molecule has 5 nitrogen and oxygen atoms in total. The highest BCUT2D eigenvalue weighted by Gasteiger charge is 2.37. The molecule has 1 aliphatic rings. The van der Waals surface area contributed by atoms with E-state index in [1.54, 1.807) is 24.3 Å². The van der Waals surface area contributed by atoms with E-state index in [1.807, 2.05) is 0 Å². The Morgan fingerprint density at radius 2 is 2.05 bits per heavy atom. The molecule has 1 aromatic carbocycles. The SMILES string of the molecule is O=C(O)C(COc1ccc(Cl)cc1)C1CCS(=O)(=O)C1. The summed E-state index contributed by atoms with van der Waals surface area (Å²) >= 11 is 5.74. The molecule has 0 spiro atoms. The second-order valence-electron chi connectivity index (χ2n) is 4.87. The molecule has 110 valence electrons. The molecule has 0 aliphatic carbocycles. The number of benzene rings is 1. The largest absolute Gasteiger partial charge is 0.493 e. The predicted molar refractivity (Wildman–Crippen MR) is 74.8 cm³/mol. The van der Waals surface area contributed by atoms with Gasteiger partial charge in [-0.2, -0.15) is 0 Å². The summed E-state index contributed by atoms with van der Waals surface area (Å²) in [6, 6.07) is 6.58. The topological polar surface area (TPSA) is 80.7 Å². The summed E-state index contributed by atoms with van der Waals surface area (Å²) < 4.78 is 28.3. The van der Waals surface area contributed by atoms with Crippen molar-refractivity contribution in [3.05, 3.63) is 29.3 Å². The lowest BCUT2D eigenvalue weighted by molar-refractivity contribution is -0.144. The Labute approximate surface area is 122 Å². The van der Waals surface area contributed by atoms with Crippen molar-refractivity contribution in [2.75, 3.05) is 18.1 Å². The van der Waals surface area contributed by atoms with Crippen molar-refractivity contribution in [1.29, 1.82) is 0 Å². The first-order valence-electron chi connectivity index (χ1n) is 6.19. The Morgan fingerprint density at radius 3 is 2.55 bits per heavy atom.